The molecule has 0 fully saturated rings. The Balaban J connectivity index is 2.01. The molecular weight excluding hydrogens is 235 g/mol. The van der Waals surface area contributed by atoms with Crippen LogP contribution >= 0.6 is 11.3 Å². The number of rotatable bonds is 5. The SMILES string of the molecule is NCC(NCc1cccs1)c1cccc(F)c1. The number of nitrogens with one attached hydrogen (secondary N) is 1. The van der Waals surface area contributed by atoms with Gasteiger partial charge in [-0.05, 0) is 29.1 Å². The first-order chi connectivity index (χ1) is 8.29. The fourth-order valence-electron chi connectivity index (χ4n) is 1.70. The van der Waals surface area contributed by atoms with Crippen LogP contribution in [0.5, 0.6) is 0 Å². The Morgan fingerprint density at radius 2 is 2.18 bits per heavy atom. The van der Waals surface area contributed by atoms with E-state index in [2.05, 4.69) is 11.4 Å². The lowest BCUT2D eigenvalue weighted by molar-refractivity contribution is 0.539. The minimum Gasteiger partial charge on any atom is -0.329 e. The zero-order valence-corrected chi connectivity index (χ0v) is 10.2. The van der Waals surface area contributed by atoms with Gasteiger partial charge in [0.25, 0.3) is 0 Å². The molecule has 2 aromatic rings. The predicted molar refractivity (Wildman–Crippen MR) is 69.4 cm³/mol. The number of halogens is 1. The van der Waals surface area contributed by atoms with Crippen molar-refractivity contribution in [3.63, 3.8) is 0 Å². The molecule has 0 aliphatic heterocycles. The van der Waals surface area contributed by atoms with Gasteiger partial charge in [-0.3, -0.25) is 0 Å². The molecule has 4 heteroatoms. The Hall–Kier alpha value is -1.23. The van der Waals surface area contributed by atoms with E-state index in [1.165, 1.54) is 17.0 Å². The van der Waals surface area contributed by atoms with Crippen LogP contribution in [0.15, 0.2) is 41.8 Å². The molecule has 1 aromatic heterocycles. The molecule has 0 bridgehead atoms. The first-order valence-corrected chi connectivity index (χ1v) is 6.39. The number of hydrogen-bond acceptors (Lipinski definition) is 3. The van der Waals surface area contributed by atoms with Crippen molar-refractivity contribution in [1.29, 1.82) is 0 Å². The van der Waals surface area contributed by atoms with Gasteiger partial charge in [-0.2, -0.15) is 0 Å². The van der Waals surface area contributed by atoms with Crippen molar-refractivity contribution < 1.29 is 4.39 Å². The second-order valence-electron chi connectivity index (χ2n) is 3.80. The molecule has 1 heterocycles. The van der Waals surface area contributed by atoms with Crippen molar-refractivity contribution in [3.05, 3.63) is 58.0 Å². The summed E-state index contributed by atoms with van der Waals surface area (Å²) in [6.45, 7) is 1.21. The molecule has 1 aromatic carbocycles. The van der Waals surface area contributed by atoms with Gasteiger partial charge < -0.3 is 11.1 Å². The second kappa shape index (κ2) is 5.91. The van der Waals surface area contributed by atoms with Crippen molar-refractivity contribution >= 4 is 11.3 Å². The first-order valence-electron chi connectivity index (χ1n) is 5.51. The first kappa shape index (κ1) is 12.2. The molecular formula is C13H15FN2S. The summed E-state index contributed by atoms with van der Waals surface area (Å²) >= 11 is 1.70. The van der Waals surface area contributed by atoms with E-state index in [-0.39, 0.29) is 11.9 Å². The zero-order valence-electron chi connectivity index (χ0n) is 9.40. The lowest BCUT2D eigenvalue weighted by atomic mass is 10.1. The van der Waals surface area contributed by atoms with E-state index in [1.807, 2.05) is 17.5 Å². The molecule has 1 atom stereocenters. The average molecular weight is 250 g/mol. The van der Waals surface area contributed by atoms with Crippen LogP contribution in [0, 0.1) is 5.82 Å². The zero-order chi connectivity index (χ0) is 12.1. The fraction of sp³-hybridized carbons (Fsp3) is 0.231. The highest BCUT2D eigenvalue weighted by molar-refractivity contribution is 7.09. The maximum atomic E-state index is 13.1. The van der Waals surface area contributed by atoms with Crippen molar-refractivity contribution in [2.24, 2.45) is 5.73 Å². The topological polar surface area (TPSA) is 38.0 Å². The van der Waals surface area contributed by atoms with E-state index in [0.717, 1.165) is 12.1 Å². The standard InChI is InChI=1S/C13H15FN2S/c14-11-4-1-3-10(7-11)13(8-15)16-9-12-5-2-6-17-12/h1-7,13,16H,8-9,15H2. The summed E-state index contributed by atoms with van der Waals surface area (Å²) < 4.78 is 13.1. The third kappa shape index (κ3) is 3.36. The van der Waals surface area contributed by atoms with E-state index in [9.17, 15) is 4.39 Å². The number of hydrogen-bond donors (Lipinski definition) is 2. The van der Waals surface area contributed by atoms with Gasteiger partial charge in [-0.15, -0.1) is 11.3 Å². The predicted octanol–water partition coefficient (Wildman–Crippen LogP) is 2.68. The summed E-state index contributed by atoms with van der Waals surface area (Å²) in [4.78, 5) is 1.25. The fourth-order valence-corrected chi connectivity index (χ4v) is 2.35. The van der Waals surface area contributed by atoms with Crippen LogP contribution in [0.2, 0.25) is 0 Å². The molecule has 3 N–H and O–H groups in total. The van der Waals surface area contributed by atoms with E-state index in [1.54, 1.807) is 17.4 Å². The summed E-state index contributed by atoms with van der Waals surface area (Å²) in [7, 11) is 0. The third-order valence-corrected chi connectivity index (χ3v) is 3.47. The van der Waals surface area contributed by atoms with Crippen LogP contribution in [-0.4, -0.2) is 6.54 Å². The van der Waals surface area contributed by atoms with Gasteiger partial charge in [-0.1, -0.05) is 18.2 Å². The van der Waals surface area contributed by atoms with E-state index in [4.69, 9.17) is 5.73 Å². The summed E-state index contributed by atoms with van der Waals surface area (Å²) in [5, 5.41) is 5.37. The molecule has 1 unspecified atom stereocenters. The minimum absolute atomic E-state index is 0.00667. The lowest BCUT2D eigenvalue weighted by Crippen LogP contribution is -2.27. The molecule has 0 aliphatic carbocycles. The Morgan fingerprint density at radius 1 is 1.29 bits per heavy atom. The van der Waals surface area contributed by atoms with Crippen molar-refractivity contribution in [3.8, 4) is 0 Å². The summed E-state index contributed by atoms with van der Waals surface area (Å²) in [5.41, 5.74) is 6.61. The molecule has 0 amide bonds. The Labute approximate surface area is 104 Å². The van der Waals surface area contributed by atoms with Crippen molar-refractivity contribution in [2.75, 3.05) is 6.54 Å². The highest BCUT2D eigenvalue weighted by Gasteiger charge is 2.09. The van der Waals surface area contributed by atoms with Crippen LogP contribution in [-0.2, 0) is 6.54 Å². The monoisotopic (exact) mass is 250 g/mol. The van der Waals surface area contributed by atoms with Gasteiger partial charge in [0.15, 0.2) is 0 Å². The largest absolute Gasteiger partial charge is 0.329 e. The summed E-state index contributed by atoms with van der Waals surface area (Å²) in [6, 6.07) is 10.6. The Kier molecular flexibility index (Phi) is 4.25. The van der Waals surface area contributed by atoms with Gasteiger partial charge >= 0.3 is 0 Å². The molecule has 0 saturated heterocycles. The molecule has 17 heavy (non-hydrogen) atoms. The van der Waals surface area contributed by atoms with E-state index >= 15 is 0 Å². The molecule has 2 nitrogen and oxygen atoms in total. The van der Waals surface area contributed by atoms with Gasteiger partial charge in [0.2, 0.25) is 0 Å². The van der Waals surface area contributed by atoms with Crippen LogP contribution in [0.25, 0.3) is 0 Å². The quantitative estimate of drug-likeness (QED) is 0.856. The van der Waals surface area contributed by atoms with Gasteiger partial charge in [-0.25, -0.2) is 4.39 Å². The number of thiophene rings is 1. The molecule has 0 saturated carbocycles. The normalized spacial score (nSPS) is 12.6. The molecule has 0 radical (unpaired) electrons. The number of nitrogens with two attached hydrogens (primary N) is 1. The molecule has 90 valence electrons. The van der Waals surface area contributed by atoms with Crippen LogP contribution < -0.4 is 11.1 Å². The summed E-state index contributed by atoms with van der Waals surface area (Å²) in [6.07, 6.45) is 0. The van der Waals surface area contributed by atoms with Gasteiger partial charge in [0.1, 0.15) is 5.82 Å². The number of benzene rings is 1. The molecule has 2 rings (SSSR count). The van der Waals surface area contributed by atoms with E-state index < -0.39 is 0 Å². The lowest BCUT2D eigenvalue weighted by Gasteiger charge is -2.16. The van der Waals surface area contributed by atoms with Crippen molar-refractivity contribution in [1.82, 2.24) is 5.32 Å². The average Bonchev–Trinajstić information content (AvgIpc) is 2.83. The Bertz CT molecular complexity index is 456. The molecule has 0 spiro atoms. The van der Waals surface area contributed by atoms with Crippen LogP contribution in [0.3, 0.4) is 0 Å². The molecule has 0 aliphatic rings. The maximum absolute atomic E-state index is 13.1. The Morgan fingerprint density at radius 3 is 2.82 bits per heavy atom. The maximum Gasteiger partial charge on any atom is 0.123 e. The minimum atomic E-state index is -0.223. The smallest absolute Gasteiger partial charge is 0.123 e. The second-order valence-corrected chi connectivity index (χ2v) is 4.84. The van der Waals surface area contributed by atoms with Crippen molar-refractivity contribution in [2.45, 2.75) is 12.6 Å². The third-order valence-electron chi connectivity index (χ3n) is 2.59. The van der Waals surface area contributed by atoms with E-state index in [0.29, 0.717) is 6.54 Å². The van der Waals surface area contributed by atoms with Crippen LogP contribution in [0.1, 0.15) is 16.5 Å². The highest BCUT2D eigenvalue weighted by atomic mass is 32.1. The van der Waals surface area contributed by atoms with Crippen LogP contribution in [0.4, 0.5) is 4.39 Å². The van der Waals surface area contributed by atoms with Gasteiger partial charge in [0.05, 0.1) is 0 Å². The summed E-state index contributed by atoms with van der Waals surface area (Å²) in [5.74, 6) is -0.223. The van der Waals surface area contributed by atoms with Gasteiger partial charge in [0, 0.05) is 24.0 Å². The highest BCUT2D eigenvalue weighted by Crippen LogP contribution is 2.15.